The second-order valence-electron chi connectivity index (χ2n) is 1.95. The molecule has 0 fully saturated rings. The average Bonchev–Trinajstić information content (AvgIpc) is 1.86. The van der Waals surface area contributed by atoms with E-state index >= 15 is 0 Å². The molecule has 0 aromatic heterocycles. The Balaban J connectivity index is 3.22. The predicted molar refractivity (Wildman–Crippen MR) is 42.5 cm³/mol. The smallest absolute Gasteiger partial charge is 0.307 e. The van der Waals surface area contributed by atoms with Crippen molar-refractivity contribution in [2.45, 2.75) is 27.1 Å². The summed E-state index contributed by atoms with van der Waals surface area (Å²) in [7, 11) is -0.956. The molecule has 0 bridgehead atoms. The van der Waals surface area contributed by atoms with E-state index in [1.54, 1.807) is 6.92 Å². The summed E-state index contributed by atoms with van der Waals surface area (Å²) >= 11 is 0. The van der Waals surface area contributed by atoms with Gasteiger partial charge in [-0.1, -0.05) is 0 Å². The van der Waals surface area contributed by atoms with Crippen molar-refractivity contribution in [1.29, 1.82) is 0 Å². The van der Waals surface area contributed by atoms with Crippen molar-refractivity contribution in [1.82, 2.24) is 0 Å². The van der Waals surface area contributed by atoms with Gasteiger partial charge in [0, 0.05) is 13.5 Å². The van der Waals surface area contributed by atoms with Gasteiger partial charge in [-0.25, -0.2) is 0 Å². The topological polar surface area (TPSA) is 44.8 Å². The van der Waals surface area contributed by atoms with E-state index in [1.165, 1.54) is 6.92 Å². The summed E-state index contributed by atoms with van der Waals surface area (Å²) in [5.41, 5.74) is 0. The zero-order valence-corrected chi connectivity index (χ0v) is 8.54. The lowest BCUT2D eigenvalue weighted by atomic mass is 10.7. The molecule has 1 atom stereocenters. The molecule has 1 unspecified atom stereocenters. The average molecular weight is 178 g/mol. The molecule has 0 aliphatic heterocycles. The molecular weight excluding hydrogens is 164 g/mol. The van der Waals surface area contributed by atoms with Gasteiger partial charge in [-0.2, -0.15) is 0 Å². The van der Waals surface area contributed by atoms with Crippen molar-refractivity contribution in [3.05, 3.63) is 0 Å². The summed E-state index contributed by atoms with van der Waals surface area (Å²) in [6.45, 7) is 5.57. The van der Waals surface area contributed by atoms with Crippen LogP contribution in [0.2, 0.25) is 0 Å². The van der Waals surface area contributed by atoms with Crippen LogP contribution in [0.1, 0.15) is 20.8 Å². The minimum atomic E-state index is -0.956. The van der Waals surface area contributed by atoms with Crippen molar-refractivity contribution in [2.75, 3.05) is 6.61 Å². The molecule has 0 amide bonds. The molecule has 0 radical (unpaired) electrons. The van der Waals surface area contributed by atoms with Gasteiger partial charge in [0.25, 0.3) is 0 Å². The van der Waals surface area contributed by atoms with E-state index in [9.17, 15) is 4.79 Å². The molecule has 0 spiro atoms. The van der Waals surface area contributed by atoms with Crippen LogP contribution >= 0.6 is 0 Å². The Morgan fingerprint density at radius 2 is 2.27 bits per heavy atom. The Labute approximate surface area is 68.9 Å². The molecule has 0 aromatic rings. The molecule has 0 rings (SSSR count). The van der Waals surface area contributed by atoms with Gasteiger partial charge in [-0.05, 0) is 13.8 Å². The van der Waals surface area contributed by atoms with Crippen LogP contribution in [0.3, 0.4) is 0 Å². The van der Waals surface area contributed by atoms with E-state index in [2.05, 4.69) is 0 Å². The summed E-state index contributed by atoms with van der Waals surface area (Å²) in [6.07, 6.45) is -0.467. The fraction of sp³-hybridized carbons (Fsp3) is 0.833. The zero-order chi connectivity index (χ0) is 8.69. The summed E-state index contributed by atoms with van der Waals surface area (Å²) in [5, 5.41) is 0. The van der Waals surface area contributed by atoms with Crippen LogP contribution in [0.4, 0.5) is 0 Å². The highest BCUT2D eigenvalue weighted by molar-refractivity contribution is 6.17. The highest BCUT2D eigenvalue weighted by atomic mass is 28.3. The van der Waals surface area contributed by atoms with Gasteiger partial charge in [0.05, 0.1) is 0 Å². The van der Waals surface area contributed by atoms with Crippen molar-refractivity contribution in [3.8, 4) is 0 Å². The summed E-state index contributed by atoms with van der Waals surface area (Å²) < 4.78 is 14.8. The standard InChI is InChI=1S/C6H14O4Si/c1-4-8-11-10-6(3)9-5(2)7/h6H,4,11H2,1-3H3. The van der Waals surface area contributed by atoms with E-state index in [1.807, 2.05) is 6.92 Å². The van der Waals surface area contributed by atoms with Crippen LogP contribution in [-0.4, -0.2) is 28.9 Å². The SMILES string of the molecule is CCO[SiH2]OC(C)OC(C)=O. The first kappa shape index (κ1) is 10.6. The fourth-order valence-electron chi connectivity index (χ4n) is 0.495. The quantitative estimate of drug-likeness (QED) is 0.256. The number of hydrogen-bond donors (Lipinski definition) is 0. The maximum Gasteiger partial charge on any atom is 0.307 e. The monoisotopic (exact) mass is 178 g/mol. The fourth-order valence-corrected chi connectivity index (χ4v) is 1.02. The van der Waals surface area contributed by atoms with Crippen LogP contribution in [0.25, 0.3) is 0 Å². The third-order valence-corrected chi connectivity index (χ3v) is 2.10. The Morgan fingerprint density at radius 1 is 1.64 bits per heavy atom. The molecule has 5 heteroatoms. The maximum atomic E-state index is 10.4. The molecule has 0 aliphatic rings. The minimum absolute atomic E-state index is 0.331. The number of ether oxygens (including phenoxy) is 1. The van der Waals surface area contributed by atoms with Crippen LogP contribution in [0, 0.1) is 0 Å². The van der Waals surface area contributed by atoms with Gasteiger partial charge in [0.2, 0.25) is 0 Å². The molecule has 0 heterocycles. The lowest BCUT2D eigenvalue weighted by Crippen LogP contribution is -2.19. The highest BCUT2D eigenvalue weighted by Gasteiger charge is 2.03. The highest BCUT2D eigenvalue weighted by Crippen LogP contribution is 1.92. The number of carbonyl (C=O) groups excluding carboxylic acids is 1. The third kappa shape index (κ3) is 7.50. The first-order chi connectivity index (χ1) is 5.16. The molecule has 4 nitrogen and oxygen atoms in total. The molecule has 0 aromatic carbocycles. The largest absolute Gasteiger partial charge is 0.437 e. The van der Waals surface area contributed by atoms with Crippen LogP contribution in [0.15, 0.2) is 0 Å². The van der Waals surface area contributed by atoms with Crippen molar-refractivity contribution >= 4 is 16.0 Å². The summed E-state index contributed by atoms with van der Waals surface area (Å²) in [5.74, 6) is -0.331. The van der Waals surface area contributed by atoms with E-state index in [-0.39, 0.29) is 5.97 Å². The molecular formula is C6H14O4Si. The van der Waals surface area contributed by atoms with Gasteiger partial charge in [0.1, 0.15) is 0 Å². The van der Waals surface area contributed by atoms with E-state index < -0.39 is 16.3 Å². The van der Waals surface area contributed by atoms with Gasteiger partial charge < -0.3 is 13.6 Å². The zero-order valence-electron chi connectivity index (χ0n) is 7.12. The van der Waals surface area contributed by atoms with E-state index in [0.29, 0.717) is 6.61 Å². The lowest BCUT2D eigenvalue weighted by molar-refractivity contribution is -0.159. The Morgan fingerprint density at radius 3 is 2.73 bits per heavy atom. The number of hydrogen-bond acceptors (Lipinski definition) is 4. The van der Waals surface area contributed by atoms with Gasteiger partial charge >= 0.3 is 16.0 Å². The number of carbonyl (C=O) groups is 1. The van der Waals surface area contributed by atoms with Crippen molar-refractivity contribution < 1.29 is 18.4 Å². The number of rotatable bonds is 5. The van der Waals surface area contributed by atoms with E-state index in [0.717, 1.165) is 0 Å². The van der Waals surface area contributed by atoms with Gasteiger partial charge in [-0.15, -0.1) is 0 Å². The lowest BCUT2D eigenvalue weighted by Gasteiger charge is -2.11. The molecule has 0 saturated heterocycles. The van der Waals surface area contributed by atoms with Gasteiger partial charge in [0.15, 0.2) is 6.29 Å². The number of esters is 1. The van der Waals surface area contributed by atoms with Gasteiger partial charge in [-0.3, -0.25) is 4.79 Å². The summed E-state index contributed by atoms with van der Waals surface area (Å²) in [6, 6.07) is 0. The minimum Gasteiger partial charge on any atom is -0.437 e. The molecule has 66 valence electrons. The Bertz CT molecular complexity index is 117. The first-order valence-corrected chi connectivity index (χ1v) is 4.68. The van der Waals surface area contributed by atoms with Crippen molar-refractivity contribution in [2.24, 2.45) is 0 Å². The van der Waals surface area contributed by atoms with Crippen LogP contribution in [-0.2, 0) is 18.4 Å². The molecule has 0 N–H and O–H groups in total. The molecule has 0 saturated carbocycles. The maximum absolute atomic E-state index is 10.4. The van der Waals surface area contributed by atoms with Crippen molar-refractivity contribution in [3.63, 3.8) is 0 Å². The Hall–Kier alpha value is -0.393. The second kappa shape index (κ2) is 6.33. The van der Waals surface area contributed by atoms with E-state index in [4.69, 9.17) is 13.6 Å². The summed E-state index contributed by atoms with van der Waals surface area (Å²) in [4.78, 5) is 10.4. The van der Waals surface area contributed by atoms with Crippen LogP contribution < -0.4 is 0 Å². The third-order valence-electron chi connectivity index (χ3n) is 0.922. The normalized spacial score (nSPS) is 13.7. The molecule has 0 aliphatic carbocycles. The Kier molecular flexibility index (Phi) is 6.10. The molecule has 11 heavy (non-hydrogen) atoms. The second-order valence-corrected chi connectivity index (χ2v) is 2.93. The predicted octanol–water partition coefficient (Wildman–Crippen LogP) is -0.0526. The van der Waals surface area contributed by atoms with Crippen LogP contribution in [0.5, 0.6) is 0 Å². The first-order valence-electron chi connectivity index (χ1n) is 3.53.